The monoisotopic (exact) mass is 479 g/mol. The van der Waals surface area contributed by atoms with Gasteiger partial charge in [0.15, 0.2) is 0 Å². The highest BCUT2D eigenvalue weighted by Crippen LogP contribution is 2.39. The Morgan fingerprint density at radius 1 is 1.03 bits per heavy atom. The molecule has 1 aliphatic heterocycles. The summed E-state index contributed by atoms with van der Waals surface area (Å²) in [6.07, 6.45) is 3.72. The first kappa shape index (κ1) is 27.3. The zero-order valence-electron chi connectivity index (χ0n) is 22.6. The van der Waals surface area contributed by atoms with E-state index in [0.717, 1.165) is 31.6 Å². The molecule has 0 spiro atoms. The van der Waals surface area contributed by atoms with E-state index in [-0.39, 0.29) is 23.5 Å². The van der Waals surface area contributed by atoms with E-state index < -0.39 is 0 Å². The molecule has 35 heavy (non-hydrogen) atoms. The maximum absolute atomic E-state index is 13.0. The molecule has 0 bridgehead atoms. The van der Waals surface area contributed by atoms with Crippen LogP contribution in [0.3, 0.4) is 0 Å². The Hall–Kier alpha value is -2.33. The molecular weight excluding hydrogens is 434 g/mol. The Bertz CT molecular complexity index is 905. The third-order valence-electron chi connectivity index (χ3n) is 7.20. The van der Waals surface area contributed by atoms with Crippen LogP contribution in [-0.2, 0) is 9.53 Å². The highest BCUT2D eigenvalue weighted by molar-refractivity contribution is 5.76. The second kappa shape index (κ2) is 12.6. The molecular formula is C31H45NO3. The van der Waals surface area contributed by atoms with Crippen molar-refractivity contribution in [1.29, 1.82) is 0 Å². The molecule has 1 amide bonds. The van der Waals surface area contributed by atoms with Crippen LogP contribution in [0.2, 0.25) is 0 Å². The minimum Gasteiger partial charge on any atom is -0.491 e. The van der Waals surface area contributed by atoms with Crippen molar-refractivity contribution in [2.75, 3.05) is 13.2 Å². The van der Waals surface area contributed by atoms with Crippen molar-refractivity contribution >= 4 is 5.91 Å². The number of ether oxygens (including phenoxy) is 2. The van der Waals surface area contributed by atoms with Gasteiger partial charge in [-0.1, -0.05) is 56.3 Å². The molecule has 2 aromatic rings. The van der Waals surface area contributed by atoms with Gasteiger partial charge in [0, 0.05) is 19.6 Å². The predicted octanol–water partition coefficient (Wildman–Crippen LogP) is 7.10. The van der Waals surface area contributed by atoms with Gasteiger partial charge in [0.05, 0.1) is 11.7 Å². The van der Waals surface area contributed by atoms with E-state index in [4.69, 9.17) is 9.47 Å². The molecule has 0 aliphatic carbocycles. The Morgan fingerprint density at radius 3 is 2.31 bits per heavy atom. The number of carbonyl (C=O) groups is 1. The number of amides is 1. The minimum atomic E-state index is -0.0839. The molecule has 3 rings (SSSR count). The topological polar surface area (TPSA) is 47.6 Å². The third-order valence-corrected chi connectivity index (χ3v) is 7.20. The summed E-state index contributed by atoms with van der Waals surface area (Å²) in [5.41, 5.74) is 2.48. The smallest absolute Gasteiger partial charge is 0.220 e. The van der Waals surface area contributed by atoms with Crippen LogP contribution in [0.5, 0.6) is 5.75 Å². The van der Waals surface area contributed by atoms with E-state index in [1.165, 1.54) is 11.1 Å². The fourth-order valence-electron chi connectivity index (χ4n) is 5.44. The van der Waals surface area contributed by atoms with Gasteiger partial charge in [-0.2, -0.15) is 0 Å². The van der Waals surface area contributed by atoms with E-state index >= 15 is 0 Å². The van der Waals surface area contributed by atoms with Gasteiger partial charge in [-0.15, -0.1) is 0 Å². The largest absolute Gasteiger partial charge is 0.491 e. The van der Waals surface area contributed by atoms with Crippen LogP contribution >= 0.6 is 0 Å². The fraction of sp³-hybridized carbons (Fsp3) is 0.581. The molecule has 0 saturated carbocycles. The third kappa shape index (κ3) is 8.38. The van der Waals surface area contributed by atoms with Crippen molar-refractivity contribution in [3.63, 3.8) is 0 Å². The Morgan fingerprint density at radius 2 is 1.71 bits per heavy atom. The lowest BCUT2D eigenvalue weighted by atomic mass is 9.75. The molecule has 4 nitrogen and oxygen atoms in total. The lowest BCUT2D eigenvalue weighted by Gasteiger charge is -2.39. The lowest BCUT2D eigenvalue weighted by Crippen LogP contribution is -2.37. The van der Waals surface area contributed by atoms with Gasteiger partial charge in [-0.05, 0) is 93.9 Å². The molecule has 4 heteroatoms. The van der Waals surface area contributed by atoms with Crippen LogP contribution in [0.25, 0.3) is 0 Å². The van der Waals surface area contributed by atoms with Crippen LogP contribution in [0.1, 0.15) is 90.2 Å². The van der Waals surface area contributed by atoms with Gasteiger partial charge in [-0.25, -0.2) is 0 Å². The Balaban J connectivity index is 1.60. The van der Waals surface area contributed by atoms with Gasteiger partial charge in [-0.3, -0.25) is 4.79 Å². The molecule has 192 valence electrons. The van der Waals surface area contributed by atoms with Crippen molar-refractivity contribution in [2.45, 2.75) is 90.8 Å². The van der Waals surface area contributed by atoms with Crippen molar-refractivity contribution in [3.05, 3.63) is 65.7 Å². The van der Waals surface area contributed by atoms with Crippen LogP contribution < -0.4 is 10.1 Å². The molecule has 1 aliphatic rings. The first-order valence-electron chi connectivity index (χ1n) is 13.4. The first-order valence-corrected chi connectivity index (χ1v) is 13.4. The van der Waals surface area contributed by atoms with E-state index in [9.17, 15) is 4.79 Å². The van der Waals surface area contributed by atoms with Gasteiger partial charge >= 0.3 is 0 Å². The summed E-state index contributed by atoms with van der Waals surface area (Å²) in [6.45, 7) is 14.3. The lowest BCUT2D eigenvalue weighted by molar-refractivity contribution is -0.121. The van der Waals surface area contributed by atoms with Gasteiger partial charge in [0.1, 0.15) is 5.75 Å². The van der Waals surface area contributed by atoms with Crippen molar-refractivity contribution in [2.24, 2.45) is 11.8 Å². The summed E-state index contributed by atoms with van der Waals surface area (Å²) in [5.74, 6) is 2.55. The van der Waals surface area contributed by atoms with Gasteiger partial charge in [0.25, 0.3) is 0 Å². The molecule has 1 saturated heterocycles. The van der Waals surface area contributed by atoms with Crippen LogP contribution in [0, 0.1) is 11.8 Å². The Labute approximate surface area is 212 Å². The maximum Gasteiger partial charge on any atom is 0.220 e. The number of hydrogen-bond donors (Lipinski definition) is 1. The molecule has 3 atom stereocenters. The van der Waals surface area contributed by atoms with E-state index in [1.807, 2.05) is 26.0 Å². The molecule has 0 aromatic heterocycles. The van der Waals surface area contributed by atoms with E-state index in [0.29, 0.717) is 30.7 Å². The number of nitrogens with one attached hydrogen (secondary N) is 1. The van der Waals surface area contributed by atoms with Crippen molar-refractivity contribution in [3.8, 4) is 5.75 Å². The highest BCUT2D eigenvalue weighted by Gasteiger charge is 2.34. The quantitative estimate of drug-likeness (QED) is 0.374. The molecule has 2 aromatic carbocycles. The maximum atomic E-state index is 13.0. The van der Waals surface area contributed by atoms with E-state index in [2.05, 4.69) is 75.5 Å². The van der Waals surface area contributed by atoms with Gasteiger partial charge < -0.3 is 14.8 Å². The summed E-state index contributed by atoms with van der Waals surface area (Å²) >= 11 is 0. The summed E-state index contributed by atoms with van der Waals surface area (Å²) in [7, 11) is 0. The molecule has 0 unspecified atom stereocenters. The first-order chi connectivity index (χ1) is 16.6. The molecule has 0 radical (unpaired) electrons. The second-order valence-corrected chi connectivity index (χ2v) is 11.3. The average Bonchev–Trinajstić information content (AvgIpc) is 2.80. The standard InChI is InChI=1S/C31H45NO3/c1-22(2)29(25-12-14-27(15-13-25)35-23(3)4)20-30(33)32-18-16-28(24-10-8-7-9-11-24)26-17-19-34-31(5,6)21-26/h7-15,22-23,26,28-29H,16-21H2,1-6H3,(H,32,33)/t26-,28+,29+/m1/s1. The van der Waals surface area contributed by atoms with Crippen LogP contribution in [0.4, 0.5) is 0 Å². The number of benzene rings is 2. The predicted molar refractivity (Wildman–Crippen MR) is 144 cm³/mol. The minimum absolute atomic E-state index is 0.0839. The number of rotatable bonds is 11. The zero-order valence-corrected chi connectivity index (χ0v) is 22.6. The van der Waals surface area contributed by atoms with Crippen molar-refractivity contribution < 1.29 is 14.3 Å². The summed E-state index contributed by atoms with van der Waals surface area (Å²) < 4.78 is 11.8. The van der Waals surface area contributed by atoms with E-state index in [1.54, 1.807) is 0 Å². The molecule has 1 heterocycles. The average molecular weight is 480 g/mol. The molecule has 1 fully saturated rings. The Kier molecular flexibility index (Phi) is 9.80. The zero-order chi connectivity index (χ0) is 25.4. The second-order valence-electron chi connectivity index (χ2n) is 11.3. The fourth-order valence-corrected chi connectivity index (χ4v) is 5.44. The summed E-state index contributed by atoms with van der Waals surface area (Å²) in [4.78, 5) is 13.0. The normalized spacial score (nSPS) is 19.4. The summed E-state index contributed by atoms with van der Waals surface area (Å²) in [5, 5.41) is 3.24. The number of hydrogen-bond acceptors (Lipinski definition) is 3. The van der Waals surface area contributed by atoms with Crippen LogP contribution in [0.15, 0.2) is 54.6 Å². The van der Waals surface area contributed by atoms with Crippen LogP contribution in [-0.4, -0.2) is 30.8 Å². The number of carbonyl (C=O) groups excluding carboxylic acids is 1. The van der Waals surface area contributed by atoms with Gasteiger partial charge in [0.2, 0.25) is 5.91 Å². The molecule has 1 N–H and O–H groups in total. The highest BCUT2D eigenvalue weighted by atomic mass is 16.5. The summed E-state index contributed by atoms with van der Waals surface area (Å²) in [6, 6.07) is 19.0. The van der Waals surface area contributed by atoms with Crippen molar-refractivity contribution in [1.82, 2.24) is 5.32 Å². The SMILES string of the molecule is CC(C)Oc1ccc([C@@H](CC(=O)NCC[C@@H](c2ccccc2)[C@@H]2CCOC(C)(C)C2)C(C)C)cc1.